The summed E-state index contributed by atoms with van der Waals surface area (Å²) in [6, 6.07) is 4.11. The van der Waals surface area contributed by atoms with Crippen LogP contribution in [-0.2, 0) is 16.4 Å². The largest absolute Gasteiger partial charge is 0.285 e. The minimum atomic E-state index is -3.81. The Morgan fingerprint density at radius 1 is 0.929 bits per heavy atom. The fraction of sp³-hybridized carbons (Fsp3) is 0.636. The standard InChI is InChI=1S/C22H35N3O2S/c1-8-9-10-11-19-14-23-24-25(19)28(26,27)22-20(16(4)5)12-18(15(2)3)13-21(22)17(6)7/h12-17H,8-11H2,1-7H3. The van der Waals surface area contributed by atoms with Crippen LogP contribution in [0.4, 0.5) is 0 Å². The highest BCUT2D eigenvalue weighted by molar-refractivity contribution is 7.90. The molecule has 0 unspecified atom stereocenters. The Balaban J connectivity index is 2.70. The second-order valence-corrected chi connectivity index (χ2v) is 10.2. The van der Waals surface area contributed by atoms with Crippen LogP contribution in [0.1, 0.15) is 108 Å². The summed E-state index contributed by atoms with van der Waals surface area (Å²) in [4.78, 5) is 0.407. The topological polar surface area (TPSA) is 64.8 Å². The maximum absolute atomic E-state index is 13.7. The Morgan fingerprint density at radius 3 is 1.96 bits per heavy atom. The zero-order chi connectivity index (χ0) is 21.1. The molecule has 0 spiro atoms. The molecule has 0 N–H and O–H groups in total. The highest BCUT2D eigenvalue weighted by Gasteiger charge is 2.30. The van der Waals surface area contributed by atoms with Crippen LogP contribution in [0, 0.1) is 0 Å². The van der Waals surface area contributed by atoms with Gasteiger partial charge in [-0.25, -0.2) is 0 Å². The van der Waals surface area contributed by atoms with Gasteiger partial charge in [0.1, 0.15) is 0 Å². The van der Waals surface area contributed by atoms with Gasteiger partial charge in [0.15, 0.2) is 0 Å². The van der Waals surface area contributed by atoms with E-state index in [1.807, 2.05) is 27.7 Å². The minimum absolute atomic E-state index is 0.0908. The molecule has 28 heavy (non-hydrogen) atoms. The molecule has 6 heteroatoms. The number of hydrogen-bond acceptors (Lipinski definition) is 4. The summed E-state index contributed by atoms with van der Waals surface area (Å²) in [5, 5.41) is 7.90. The van der Waals surface area contributed by atoms with Gasteiger partial charge in [-0.05, 0) is 47.3 Å². The number of hydrogen-bond donors (Lipinski definition) is 0. The number of aromatic nitrogens is 3. The van der Waals surface area contributed by atoms with Gasteiger partial charge in [-0.2, -0.15) is 8.42 Å². The molecule has 156 valence electrons. The number of nitrogens with zero attached hydrogens (tertiary/aromatic N) is 3. The second kappa shape index (κ2) is 9.21. The lowest BCUT2D eigenvalue weighted by Gasteiger charge is -2.23. The van der Waals surface area contributed by atoms with Crippen molar-refractivity contribution >= 4 is 10.0 Å². The number of rotatable bonds is 9. The fourth-order valence-electron chi connectivity index (χ4n) is 3.44. The average molecular weight is 406 g/mol. The monoisotopic (exact) mass is 405 g/mol. The average Bonchev–Trinajstić information content (AvgIpc) is 3.10. The minimum Gasteiger partial charge on any atom is -0.199 e. The van der Waals surface area contributed by atoms with Crippen LogP contribution in [-0.4, -0.2) is 22.8 Å². The predicted octanol–water partition coefficient (Wildman–Crippen LogP) is 5.62. The van der Waals surface area contributed by atoms with Gasteiger partial charge >= 0.3 is 0 Å². The van der Waals surface area contributed by atoms with Gasteiger partial charge < -0.3 is 0 Å². The van der Waals surface area contributed by atoms with E-state index < -0.39 is 10.0 Å². The summed E-state index contributed by atoms with van der Waals surface area (Å²) in [6.07, 6.45) is 5.32. The molecular formula is C22H35N3O2S. The summed E-state index contributed by atoms with van der Waals surface area (Å²) in [6.45, 7) is 14.6. The molecule has 2 aromatic rings. The lowest BCUT2D eigenvalue weighted by Crippen LogP contribution is -2.22. The van der Waals surface area contributed by atoms with Crippen LogP contribution in [0.25, 0.3) is 0 Å². The van der Waals surface area contributed by atoms with E-state index in [2.05, 4.69) is 43.2 Å². The van der Waals surface area contributed by atoms with Gasteiger partial charge in [-0.15, -0.1) is 9.19 Å². The van der Waals surface area contributed by atoms with E-state index >= 15 is 0 Å². The van der Waals surface area contributed by atoms with Crippen molar-refractivity contribution in [2.45, 2.75) is 96.8 Å². The maximum atomic E-state index is 13.7. The molecule has 0 aliphatic carbocycles. The van der Waals surface area contributed by atoms with E-state index in [-0.39, 0.29) is 11.8 Å². The van der Waals surface area contributed by atoms with E-state index in [4.69, 9.17) is 0 Å². The second-order valence-electron chi connectivity index (χ2n) is 8.52. The first-order chi connectivity index (χ1) is 13.1. The Hall–Kier alpha value is -1.69. The first-order valence-electron chi connectivity index (χ1n) is 10.4. The van der Waals surface area contributed by atoms with Crippen molar-refractivity contribution in [3.05, 3.63) is 40.7 Å². The first kappa shape index (κ1) is 22.6. The van der Waals surface area contributed by atoms with Gasteiger partial charge in [0, 0.05) is 0 Å². The molecule has 0 amide bonds. The third-order valence-corrected chi connectivity index (χ3v) is 6.94. The highest BCUT2D eigenvalue weighted by atomic mass is 32.2. The molecule has 0 aliphatic heterocycles. The molecule has 1 heterocycles. The highest BCUT2D eigenvalue weighted by Crippen LogP contribution is 2.36. The maximum Gasteiger partial charge on any atom is 0.285 e. The number of aryl methyl sites for hydroxylation is 1. The van der Waals surface area contributed by atoms with E-state index in [0.717, 1.165) is 34.5 Å². The molecule has 0 radical (unpaired) electrons. The van der Waals surface area contributed by atoms with Gasteiger partial charge in [0.05, 0.1) is 16.8 Å². The molecule has 1 aromatic carbocycles. The molecule has 0 saturated carbocycles. The van der Waals surface area contributed by atoms with E-state index in [1.165, 1.54) is 5.56 Å². The molecule has 0 bridgehead atoms. The lowest BCUT2D eigenvalue weighted by molar-refractivity contribution is 0.566. The smallest absolute Gasteiger partial charge is 0.199 e. The molecule has 0 fully saturated rings. The summed E-state index contributed by atoms with van der Waals surface area (Å²) < 4.78 is 28.6. The van der Waals surface area contributed by atoms with Crippen LogP contribution in [0.3, 0.4) is 0 Å². The third kappa shape index (κ3) is 4.65. The summed E-state index contributed by atoms with van der Waals surface area (Å²) in [5.41, 5.74) is 3.56. The van der Waals surface area contributed by atoms with Gasteiger partial charge in [0.2, 0.25) is 0 Å². The SMILES string of the molecule is CCCCCc1cnnn1S(=O)(=O)c1c(C(C)C)cc(C(C)C)cc1C(C)C. The van der Waals surface area contributed by atoms with Crippen LogP contribution in [0.2, 0.25) is 0 Å². The fourth-order valence-corrected chi connectivity index (χ4v) is 5.38. The van der Waals surface area contributed by atoms with Crippen molar-refractivity contribution in [2.75, 3.05) is 0 Å². The Bertz CT molecular complexity index is 867. The summed E-state index contributed by atoms with van der Waals surface area (Å²) >= 11 is 0. The predicted molar refractivity (Wildman–Crippen MR) is 115 cm³/mol. The van der Waals surface area contributed by atoms with Crippen molar-refractivity contribution in [3.8, 4) is 0 Å². The van der Waals surface area contributed by atoms with Crippen LogP contribution < -0.4 is 0 Å². The molecule has 1 aromatic heterocycles. The Morgan fingerprint density at radius 2 is 1.50 bits per heavy atom. The molecule has 2 rings (SSSR count). The summed E-state index contributed by atoms with van der Waals surface area (Å²) in [5.74, 6) is 0.517. The lowest BCUT2D eigenvalue weighted by atomic mass is 9.89. The van der Waals surface area contributed by atoms with Crippen molar-refractivity contribution in [1.29, 1.82) is 0 Å². The van der Waals surface area contributed by atoms with Crippen LogP contribution >= 0.6 is 0 Å². The molecule has 0 aliphatic rings. The van der Waals surface area contributed by atoms with Gasteiger partial charge in [0.25, 0.3) is 10.0 Å². The molecule has 0 saturated heterocycles. The van der Waals surface area contributed by atoms with Crippen LogP contribution in [0.15, 0.2) is 23.2 Å². The van der Waals surface area contributed by atoms with Crippen molar-refractivity contribution in [2.24, 2.45) is 0 Å². The van der Waals surface area contributed by atoms with E-state index in [1.54, 1.807) is 6.20 Å². The van der Waals surface area contributed by atoms with Gasteiger partial charge in [-0.1, -0.05) is 78.7 Å². The summed E-state index contributed by atoms with van der Waals surface area (Å²) in [7, 11) is -3.81. The van der Waals surface area contributed by atoms with Crippen molar-refractivity contribution in [3.63, 3.8) is 0 Å². The van der Waals surface area contributed by atoms with E-state index in [9.17, 15) is 8.42 Å². The van der Waals surface area contributed by atoms with Crippen molar-refractivity contribution < 1.29 is 8.42 Å². The number of unbranched alkanes of at least 4 members (excludes halogenated alkanes) is 2. The molecular weight excluding hydrogens is 370 g/mol. The normalized spacial score (nSPS) is 12.5. The third-order valence-electron chi connectivity index (χ3n) is 5.19. The van der Waals surface area contributed by atoms with Gasteiger partial charge in [-0.3, -0.25) is 0 Å². The zero-order valence-electron chi connectivity index (χ0n) is 18.4. The quantitative estimate of drug-likeness (QED) is 0.508. The number of benzene rings is 1. The van der Waals surface area contributed by atoms with E-state index in [0.29, 0.717) is 22.9 Å². The Labute approximate surface area is 170 Å². The first-order valence-corrected chi connectivity index (χ1v) is 11.9. The molecule has 0 atom stereocenters. The molecule has 5 nitrogen and oxygen atoms in total. The van der Waals surface area contributed by atoms with Crippen molar-refractivity contribution in [1.82, 2.24) is 14.4 Å². The Kier molecular flexibility index (Phi) is 7.43. The zero-order valence-corrected chi connectivity index (χ0v) is 19.2. The van der Waals surface area contributed by atoms with Crippen LogP contribution in [0.5, 0.6) is 0 Å².